The predicted octanol–water partition coefficient (Wildman–Crippen LogP) is 2.34. The number of para-hydroxylation sites is 2. The molecule has 2 aromatic rings. The van der Waals surface area contributed by atoms with Gasteiger partial charge >= 0.3 is 0 Å². The van der Waals surface area contributed by atoms with Gasteiger partial charge in [-0.2, -0.15) is 0 Å². The third-order valence-corrected chi connectivity index (χ3v) is 5.03. The van der Waals surface area contributed by atoms with Gasteiger partial charge in [0, 0.05) is 37.8 Å². The Kier molecular flexibility index (Phi) is 5.06. The van der Waals surface area contributed by atoms with Gasteiger partial charge in [-0.15, -0.1) is 0 Å². The molecule has 144 valence electrons. The van der Waals surface area contributed by atoms with Crippen molar-refractivity contribution >= 4 is 29.1 Å². The number of amides is 3. The topological polar surface area (TPSA) is 82.6 Å². The van der Waals surface area contributed by atoms with Gasteiger partial charge in [-0.25, -0.2) is 0 Å². The molecule has 2 heterocycles. The van der Waals surface area contributed by atoms with Gasteiger partial charge in [-0.3, -0.25) is 19.4 Å². The normalized spacial score (nSPS) is 15.6. The summed E-state index contributed by atoms with van der Waals surface area (Å²) in [5.41, 5.74) is 2.33. The van der Waals surface area contributed by atoms with Gasteiger partial charge in [0.15, 0.2) is 0 Å². The van der Waals surface area contributed by atoms with Crippen LogP contribution in [-0.4, -0.2) is 40.2 Å². The quantitative estimate of drug-likeness (QED) is 0.836. The number of fused-ring (bicyclic) bond motifs is 1. The summed E-state index contributed by atoms with van der Waals surface area (Å²) < 4.78 is 0. The number of hydrogen-bond acceptors (Lipinski definition) is 4. The van der Waals surface area contributed by atoms with Crippen molar-refractivity contribution in [2.24, 2.45) is 0 Å². The number of carbonyl (C=O) groups is 3. The molecule has 0 unspecified atom stereocenters. The summed E-state index contributed by atoms with van der Waals surface area (Å²) in [7, 11) is 0. The lowest BCUT2D eigenvalue weighted by Gasteiger charge is -2.29. The second kappa shape index (κ2) is 7.80. The van der Waals surface area contributed by atoms with Crippen molar-refractivity contribution in [3.05, 3.63) is 54.4 Å². The first-order chi connectivity index (χ1) is 13.6. The van der Waals surface area contributed by atoms with E-state index in [4.69, 9.17) is 0 Å². The van der Waals surface area contributed by atoms with E-state index in [-0.39, 0.29) is 43.1 Å². The van der Waals surface area contributed by atoms with Crippen molar-refractivity contribution in [1.82, 2.24) is 9.88 Å². The molecule has 0 atom stereocenters. The number of nitrogens with zero attached hydrogens (tertiary/aromatic N) is 3. The molecule has 2 aliphatic rings. The van der Waals surface area contributed by atoms with Crippen LogP contribution in [0.3, 0.4) is 0 Å². The number of pyridine rings is 1. The summed E-state index contributed by atoms with van der Waals surface area (Å²) in [6, 6.07) is 11.3. The first-order valence-corrected chi connectivity index (χ1v) is 9.49. The van der Waals surface area contributed by atoms with Crippen molar-refractivity contribution < 1.29 is 14.4 Å². The minimum absolute atomic E-state index is 0.0204. The standard InChI is InChI=1S/C21H22N4O3/c26-19-14-25(18-4-2-1-3-17(18)23-19)21(28)8-7-20(27)24(16-5-6-16)13-15-9-11-22-12-10-15/h1-4,9-12,16H,5-8,13-14H2,(H,23,26). The zero-order valence-electron chi connectivity index (χ0n) is 15.5. The minimum atomic E-state index is -0.226. The largest absolute Gasteiger partial charge is 0.335 e. The van der Waals surface area contributed by atoms with E-state index in [9.17, 15) is 14.4 Å². The van der Waals surface area contributed by atoms with E-state index < -0.39 is 0 Å². The Labute approximate surface area is 163 Å². The maximum absolute atomic E-state index is 12.8. The van der Waals surface area contributed by atoms with E-state index in [0.717, 1.165) is 18.4 Å². The number of anilines is 2. The SMILES string of the molecule is O=C1CN(C(=O)CCC(=O)N(Cc2ccncc2)C2CC2)c2ccccc2N1. The van der Waals surface area contributed by atoms with Crippen LogP contribution < -0.4 is 10.2 Å². The highest BCUT2D eigenvalue weighted by atomic mass is 16.2. The Balaban J connectivity index is 1.40. The summed E-state index contributed by atoms with van der Waals surface area (Å²) in [6.07, 6.45) is 5.66. The molecule has 28 heavy (non-hydrogen) atoms. The van der Waals surface area contributed by atoms with Crippen LogP contribution in [0.2, 0.25) is 0 Å². The van der Waals surface area contributed by atoms with Gasteiger partial charge in [-0.05, 0) is 42.7 Å². The van der Waals surface area contributed by atoms with Gasteiger partial charge in [-0.1, -0.05) is 12.1 Å². The van der Waals surface area contributed by atoms with Crippen molar-refractivity contribution in [2.75, 3.05) is 16.8 Å². The van der Waals surface area contributed by atoms with Gasteiger partial charge in [0.1, 0.15) is 6.54 Å². The van der Waals surface area contributed by atoms with Crippen molar-refractivity contribution in [2.45, 2.75) is 38.3 Å². The number of hydrogen-bond donors (Lipinski definition) is 1. The maximum atomic E-state index is 12.8. The molecule has 0 spiro atoms. The lowest BCUT2D eigenvalue weighted by Crippen LogP contribution is -2.42. The molecule has 3 amide bonds. The molecule has 1 aliphatic heterocycles. The molecule has 7 nitrogen and oxygen atoms in total. The van der Waals surface area contributed by atoms with Crippen molar-refractivity contribution in [1.29, 1.82) is 0 Å². The Hall–Kier alpha value is -3.22. The molecule has 0 saturated heterocycles. The number of carbonyl (C=O) groups excluding carboxylic acids is 3. The van der Waals surface area contributed by atoms with Crippen LogP contribution in [0.5, 0.6) is 0 Å². The fraction of sp³-hybridized carbons (Fsp3) is 0.333. The number of benzene rings is 1. The van der Waals surface area contributed by atoms with E-state index in [1.165, 1.54) is 4.90 Å². The molecule has 0 radical (unpaired) electrons. The van der Waals surface area contributed by atoms with Crippen LogP contribution in [0.1, 0.15) is 31.2 Å². The Morgan fingerprint density at radius 2 is 1.86 bits per heavy atom. The van der Waals surface area contributed by atoms with Crippen LogP contribution in [-0.2, 0) is 20.9 Å². The lowest BCUT2D eigenvalue weighted by molar-refractivity contribution is -0.134. The molecule has 1 aromatic heterocycles. The molecule has 1 N–H and O–H groups in total. The highest BCUT2D eigenvalue weighted by Gasteiger charge is 2.33. The molecular formula is C21H22N4O3. The molecule has 1 saturated carbocycles. The van der Waals surface area contributed by atoms with Crippen LogP contribution >= 0.6 is 0 Å². The molecule has 7 heteroatoms. The molecule has 1 fully saturated rings. The third kappa shape index (κ3) is 4.03. The van der Waals surface area contributed by atoms with E-state index in [2.05, 4.69) is 10.3 Å². The summed E-state index contributed by atoms with van der Waals surface area (Å²) in [5, 5.41) is 2.77. The van der Waals surface area contributed by atoms with Crippen LogP contribution in [0.4, 0.5) is 11.4 Å². The lowest BCUT2D eigenvalue weighted by atomic mass is 10.1. The van der Waals surface area contributed by atoms with Crippen LogP contribution in [0, 0.1) is 0 Å². The maximum Gasteiger partial charge on any atom is 0.244 e. The molecule has 4 rings (SSSR count). The van der Waals surface area contributed by atoms with E-state index in [1.54, 1.807) is 24.5 Å². The molecule has 1 aliphatic carbocycles. The smallest absolute Gasteiger partial charge is 0.244 e. The first-order valence-electron chi connectivity index (χ1n) is 9.49. The van der Waals surface area contributed by atoms with E-state index >= 15 is 0 Å². The average Bonchev–Trinajstić information content (AvgIpc) is 3.55. The second-order valence-corrected chi connectivity index (χ2v) is 7.15. The Morgan fingerprint density at radius 3 is 2.61 bits per heavy atom. The zero-order chi connectivity index (χ0) is 19.5. The van der Waals surface area contributed by atoms with Gasteiger partial charge in [0.2, 0.25) is 17.7 Å². The fourth-order valence-corrected chi connectivity index (χ4v) is 3.44. The number of rotatable bonds is 6. The van der Waals surface area contributed by atoms with E-state index in [1.807, 2.05) is 29.2 Å². The minimum Gasteiger partial charge on any atom is -0.335 e. The second-order valence-electron chi connectivity index (χ2n) is 7.15. The summed E-state index contributed by atoms with van der Waals surface area (Å²) in [5.74, 6) is -0.464. The fourth-order valence-electron chi connectivity index (χ4n) is 3.44. The van der Waals surface area contributed by atoms with Crippen molar-refractivity contribution in [3.63, 3.8) is 0 Å². The summed E-state index contributed by atoms with van der Waals surface area (Å²) in [6.45, 7) is 0.516. The Bertz CT molecular complexity index is 896. The van der Waals surface area contributed by atoms with Crippen molar-refractivity contribution in [3.8, 4) is 0 Å². The monoisotopic (exact) mass is 378 g/mol. The molecule has 0 bridgehead atoms. The predicted molar refractivity (Wildman–Crippen MR) is 104 cm³/mol. The third-order valence-electron chi connectivity index (χ3n) is 5.03. The molecular weight excluding hydrogens is 356 g/mol. The summed E-state index contributed by atoms with van der Waals surface area (Å²) in [4.78, 5) is 44.8. The first kappa shape index (κ1) is 18.2. The number of aromatic nitrogens is 1. The highest BCUT2D eigenvalue weighted by Crippen LogP contribution is 2.31. The zero-order valence-corrected chi connectivity index (χ0v) is 15.5. The van der Waals surface area contributed by atoms with Gasteiger partial charge in [0.25, 0.3) is 0 Å². The number of nitrogens with one attached hydrogen (secondary N) is 1. The summed E-state index contributed by atoms with van der Waals surface area (Å²) >= 11 is 0. The Morgan fingerprint density at radius 1 is 1.11 bits per heavy atom. The van der Waals surface area contributed by atoms with Crippen LogP contribution in [0.25, 0.3) is 0 Å². The van der Waals surface area contributed by atoms with E-state index in [0.29, 0.717) is 17.9 Å². The van der Waals surface area contributed by atoms with Gasteiger partial charge < -0.3 is 15.1 Å². The highest BCUT2D eigenvalue weighted by molar-refractivity contribution is 6.10. The molecule has 1 aromatic carbocycles. The average molecular weight is 378 g/mol. The van der Waals surface area contributed by atoms with Crippen LogP contribution in [0.15, 0.2) is 48.8 Å². The van der Waals surface area contributed by atoms with Gasteiger partial charge in [0.05, 0.1) is 11.4 Å².